The number of thiophene rings is 1. The van der Waals surface area contributed by atoms with Gasteiger partial charge in [-0.15, -0.1) is 11.3 Å². The highest BCUT2D eigenvalue weighted by atomic mass is 32.1. The zero-order valence-corrected chi connectivity index (χ0v) is 16.4. The van der Waals surface area contributed by atoms with Gasteiger partial charge < -0.3 is 15.8 Å². The number of carbonyl (C=O) groups is 1. The summed E-state index contributed by atoms with van der Waals surface area (Å²) in [5, 5.41) is 5.23. The van der Waals surface area contributed by atoms with Crippen LogP contribution in [0.5, 0.6) is 5.88 Å². The predicted molar refractivity (Wildman–Crippen MR) is 112 cm³/mol. The average molecular weight is 406 g/mol. The topological polar surface area (TPSA) is 116 Å². The molecule has 0 aliphatic carbocycles. The van der Waals surface area contributed by atoms with Crippen molar-refractivity contribution in [2.45, 2.75) is 6.42 Å². The lowest BCUT2D eigenvalue weighted by atomic mass is 10.2. The van der Waals surface area contributed by atoms with Crippen molar-refractivity contribution in [3.05, 3.63) is 59.2 Å². The number of nitrogens with zero attached hydrogens (tertiary/aromatic N) is 4. The van der Waals surface area contributed by atoms with E-state index in [1.165, 1.54) is 11.3 Å². The Hall–Kier alpha value is -3.59. The van der Waals surface area contributed by atoms with Crippen LogP contribution >= 0.6 is 11.3 Å². The van der Waals surface area contributed by atoms with Crippen molar-refractivity contribution in [3.8, 4) is 17.4 Å². The van der Waals surface area contributed by atoms with Gasteiger partial charge in [-0.05, 0) is 24.1 Å². The number of ether oxygens (including phenoxy) is 1. The van der Waals surface area contributed by atoms with E-state index in [0.29, 0.717) is 46.1 Å². The molecule has 0 aliphatic rings. The van der Waals surface area contributed by atoms with Gasteiger partial charge in [0.2, 0.25) is 5.88 Å². The summed E-state index contributed by atoms with van der Waals surface area (Å²) in [5.41, 5.74) is 8.26. The zero-order valence-electron chi connectivity index (χ0n) is 15.6. The van der Waals surface area contributed by atoms with Crippen LogP contribution in [0, 0.1) is 0 Å². The van der Waals surface area contributed by atoms with E-state index in [2.05, 4.69) is 25.3 Å². The molecule has 0 bridgehead atoms. The van der Waals surface area contributed by atoms with Gasteiger partial charge >= 0.3 is 0 Å². The summed E-state index contributed by atoms with van der Waals surface area (Å²) >= 11 is 1.36. The molecule has 3 N–H and O–H groups in total. The van der Waals surface area contributed by atoms with Gasteiger partial charge in [-0.25, -0.2) is 15.0 Å². The first-order chi connectivity index (χ1) is 14.2. The number of methoxy groups -OCH3 is 1. The van der Waals surface area contributed by atoms with E-state index in [9.17, 15) is 4.79 Å². The molecule has 146 valence electrons. The second-order valence-electron chi connectivity index (χ2n) is 6.19. The van der Waals surface area contributed by atoms with Gasteiger partial charge in [0.25, 0.3) is 5.91 Å². The van der Waals surface area contributed by atoms with Gasteiger partial charge in [0.05, 0.1) is 18.1 Å². The molecule has 0 saturated carbocycles. The minimum Gasteiger partial charge on any atom is -0.481 e. The number of pyridine rings is 2. The lowest BCUT2D eigenvalue weighted by molar-refractivity contribution is 0.0956. The third kappa shape index (κ3) is 3.99. The summed E-state index contributed by atoms with van der Waals surface area (Å²) in [6, 6.07) is 9.21. The molecule has 0 spiro atoms. The number of nitrogen functional groups attached to an aromatic ring is 1. The van der Waals surface area contributed by atoms with Crippen LogP contribution in [0.3, 0.4) is 0 Å². The number of hydrogen-bond donors (Lipinski definition) is 2. The monoisotopic (exact) mass is 406 g/mol. The molecular weight excluding hydrogens is 388 g/mol. The maximum atomic E-state index is 12.7. The normalized spacial score (nSPS) is 10.8. The van der Waals surface area contributed by atoms with E-state index in [0.717, 1.165) is 5.56 Å². The maximum Gasteiger partial charge on any atom is 0.252 e. The molecule has 4 aromatic rings. The smallest absolute Gasteiger partial charge is 0.252 e. The summed E-state index contributed by atoms with van der Waals surface area (Å²) in [6.07, 6.45) is 4.06. The largest absolute Gasteiger partial charge is 0.481 e. The molecule has 4 aromatic heterocycles. The second-order valence-corrected chi connectivity index (χ2v) is 7.05. The third-order valence-electron chi connectivity index (χ3n) is 4.31. The summed E-state index contributed by atoms with van der Waals surface area (Å²) in [6.45, 7) is 0.469. The van der Waals surface area contributed by atoms with Crippen LogP contribution in [-0.2, 0) is 6.42 Å². The molecule has 0 aliphatic heterocycles. The Kier molecular flexibility index (Phi) is 5.30. The van der Waals surface area contributed by atoms with Crippen molar-refractivity contribution in [3.63, 3.8) is 0 Å². The predicted octanol–water partition coefficient (Wildman–Crippen LogP) is 2.71. The second kappa shape index (κ2) is 8.19. The van der Waals surface area contributed by atoms with Gasteiger partial charge in [0.1, 0.15) is 16.3 Å². The Morgan fingerprint density at radius 1 is 1.21 bits per heavy atom. The van der Waals surface area contributed by atoms with E-state index in [1.807, 2.05) is 24.3 Å². The van der Waals surface area contributed by atoms with E-state index in [-0.39, 0.29) is 11.7 Å². The Bertz CT molecular complexity index is 1150. The molecule has 0 aromatic carbocycles. The summed E-state index contributed by atoms with van der Waals surface area (Å²) in [7, 11) is 1.57. The van der Waals surface area contributed by atoms with Crippen molar-refractivity contribution in [2.24, 2.45) is 0 Å². The molecular formula is C20H18N6O2S. The first-order valence-corrected chi connectivity index (χ1v) is 9.77. The van der Waals surface area contributed by atoms with E-state index >= 15 is 0 Å². The quantitative estimate of drug-likeness (QED) is 0.506. The van der Waals surface area contributed by atoms with E-state index < -0.39 is 0 Å². The van der Waals surface area contributed by atoms with Crippen molar-refractivity contribution in [2.75, 3.05) is 19.4 Å². The molecule has 1 amide bonds. The Labute approximate surface area is 170 Å². The van der Waals surface area contributed by atoms with Gasteiger partial charge in [-0.1, -0.05) is 12.1 Å². The van der Waals surface area contributed by atoms with Crippen LogP contribution in [0.4, 0.5) is 5.82 Å². The molecule has 0 atom stereocenters. The Morgan fingerprint density at radius 2 is 2.10 bits per heavy atom. The van der Waals surface area contributed by atoms with Crippen molar-refractivity contribution < 1.29 is 9.53 Å². The molecule has 9 heteroatoms. The van der Waals surface area contributed by atoms with Crippen molar-refractivity contribution in [1.29, 1.82) is 0 Å². The number of fused-ring (bicyclic) bond motifs is 1. The fourth-order valence-electron chi connectivity index (χ4n) is 2.84. The van der Waals surface area contributed by atoms with Crippen LogP contribution in [0.2, 0.25) is 0 Å². The first-order valence-electron chi connectivity index (χ1n) is 8.89. The highest BCUT2D eigenvalue weighted by Gasteiger charge is 2.18. The molecule has 4 heterocycles. The fourth-order valence-corrected chi connectivity index (χ4v) is 3.77. The standard InChI is InChI=1S/C20H18N6O2S/c1-28-15-6-5-12(10-24-15)7-9-23-19(27)13-11-29-20-16(13)17(21)25-18(26-20)14-4-2-3-8-22-14/h2-6,8,10-11H,7,9H2,1H3,(H,23,27)(H2,21,25,26). The Balaban J connectivity index is 1.49. The van der Waals surface area contributed by atoms with Gasteiger partial charge in [-0.2, -0.15) is 0 Å². The minimum absolute atomic E-state index is 0.210. The van der Waals surface area contributed by atoms with Crippen LogP contribution in [0.1, 0.15) is 15.9 Å². The number of nitrogens with two attached hydrogens (primary N) is 1. The van der Waals surface area contributed by atoms with Crippen molar-refractivity contribution >= 4 is 33.3 Å². The van der Waals surface area contributed by atoms with E-state index in [4.69, 9.17) is 10.5 Å². The highest BCUT2D eigenvalue weighted by molar-refractivity contribution is 7.17. The molecule has 0 radical (unpaired) electrons. The molecule has 8 nitrogen and oxygen atoms in total. The van der Waals surface area contributed by atoms with E-state index in [1.54, 1.807) is 30.9 Å². The Morgan fingerprint density at radius 3 is 2.83 bits per heavy atom. The number of nitrogens with one attached hydrogen (secondary N) is 1. The number of aromatic nitrogens is 4. The molecule has 0 saturated heterocycles. The third-order valence-corrected chi connectivity index (χ3v) is 5.18. The maximum absolute atomic E-state index is 12.7. The van der Waals surface area contributed by atoms with Crippen LogP contribution in [0.15, 0.2) is 48.1 Å². The minimum atomic E-state index is -0.210. The summed E-state index contributed by atoms with van der Waals surface area (Å²) < 4.78 is 5.04. The number of anilines is 1. The molecule has 0 fully saturated rings. The zero-order chi connectivity index (χ0) is 20.2. The van der Waals surface area contributed by atoms with Gasteiger partial charge in [-0.3, -0.25) is 9.78 Å². The lowest BCUT2D eigenvalue weighted by Gasteiger charge is -2.07. The fraction of sp³-hybridized carbons (Fsp3) is 0.150. The van der Waals surface area contributed by atoms with Crippen molar-refractivity contribution in [1.82, 2.24) is 25.3 Å². The number of rotatable bonds is 6. The highest BCUT2D eigenvalue weighted by Crippen LogP contribution is 2.30. The number of carbonyl (C=O) groups excluding carboxylic acids is 1. The molecule has 0 unspecified atom stereocenters. The number of amides is 1. The first kappa shape index (κ1) is 18.8. The molecule has 4 rings (SSSR count). The number of hydrogen-bond acceptors (Lipinski definition) is 8. The van der Waals surface area contributed by atoms with Crippen LogP contribution < -0.4 is 15.8 Å². The van der Waals surface area contributed by atoms with Gasteiger partial charge in [0, 0.05) is 30.4 Å². The summed E-state index contributed by atoms with van der Waals surface area (Å²) in [5.74, 6) is 1.06. The van der Waals surface area contributed by atoms with Gasteiger partial charge in [0.15, 0.2) is 5.82 Å². The summed E-state index contributed by atoms with van der Waals surface area (Å²) in [4.78, 5) is 30.6. The lowest BCUT2D eigenvalue weighted by Crippen LogP contribution is -2.25. The molecule has 29 heavy (non-hydrogen) atoms. The van der Waals surface area contributed by atoms with Crippen LogP contribution in [0.25, 0.3) is 21.7 Å². The average Bonchev–Trinajstić information content (AvgIpc) is 3.19. The van der Waals surface area contributed by atoms with Crippen LogP contribution in [-0.4, -0.2) is 39.5 Å². The SMILES string of the molecule is COc1ccc(CCNC(=O)c2csc3nc(-c4ccccn4)nc(N)c23)cn1.